The lowest BCUT2D eigenvalue weighted by Crippen LogP contribution is -2.11. The molecule has 0 radical (unpaired) electrons. The lowest BCUT2D eigenvalue weighted by atomic mass is 10.0. The molecule has 0 saturated heterocycles. The summed E-state index contributed by atoms with van der Waals surface area (Å²) in [5.74, 6) is 1.88. The Hall–Kier alpha value is -3.90. The maximum absolute atomic E-state index is 12.2. The van der Waals surface area contributed by atoms with Gasteiger partial charge in [-0.3, -0.25) is 4.99 Å². The molecule has 4 rings (SSSR count). The number of rotatable bonds is 18. The summed E-state index contributed by atoms with van der Waals surface area (Å²) >= 11 is 3.44. The fourth-order valence-electron chi connectivity index (χ4n) is 4.58. The number of esters is 1. The number of carbonyl (C=O) groups excluding carboxylic acids is 1. The second-order valence-corrected chi connectivity index (χ2v) is 12.3. The first-order chi connectivity index (χ1) is 22.0. The largest absolute Gasteiger partial charge is 0.494 e. The van der Waals surface area contributed by atoms with Crippen LogP contribution in [-0.4, -0.2) is 32.0 Å². The second-order valence-electron chi connectivity index (χ2n) is 11.3. The third-order valence-electron chi connectivity index (χ3n) is 7.65. The van der Waals surface area contributed by atoms with Gasteiger partial charge in [0.2, 0.25) is 0 Å². The van der Waals surface area contributed by atoms with Gasteiger partial charge in [-0.25, -0.2) is 4.79 Å². The first-order valence-electron chi connectivity index (χ1n) is 16.0. The number of ether oxygens (including phenoxy) is 3. The van der Waals surface area contributed by atoms with Crippen LogP contribution < -0.4 is 9.47 Å². The van der Waals surface area contributed by atoms with E-state index in [-0.39, 0.29) is 5.97 Å². The van der Waals surface area contributed by atoms with Crippen molar-refractivity contribution in [3.05, 3.63) is 113 Å². The minimum absolute atomic E-state index is 0.266. The molecule has 1 unspecified atom stereocenters. The number of hydrogen-bond acceptors (Lipinski definition) is 5. The van der Waals surface area contributed by atoms with Gasteiger partial charge in [0.25, 0.3) is 0 Å². The fourth-order valence-corrected chi connectivity index (χ4v) is 4.84. The molecule has 0 heterocycles. The molecule has 236 valence electrons. The van der Waals surface area contributed by atoms with Crippen LogP contribution in [0.4, 0.5) is 5.69 Å². The molecule has 1 atom stereocenters. The van der Waals surface area contributed by atoms with E-state index in [1.54, 1.807) is 0 Å². The molecule has 6 heteroatoms. The molecule has 4 aromatic carbocycles. The molecule has 0 aromatic heterocycles. The van der Waals surface area contributed by atoms with Gasteiger partial charge in [-0.1, -0.05) is 86.1 Å². The Morgan fingerprint density at radius 3 is 1.78 bits per heavy atom. The van der Waals surface area contributed by atoms with E-state index in [1.807, 2.05) is 91.1 Å². The molecular formula is C39H44BrNO4. The van der Waals surface area contributed by atoms with E-state index in [0.717, 1.165) is 77.2 Å². The van der Waals surface area contributed by atoms with Gasteiger partial charge in [0.15, 0.2) is 0 Å². The predicted molar refractivity (Wildman–Crippen MR) is 188 cm³/mol. The zero-order chi connectivity index (χ0) is 31.7. The van der Waals surface area contributed by atoms with Crippen molar-refractivity contribution in [1.82, 2.24) is 0 Å². The molecule has 0 spiro atoms. The van der Waals surface area contributed by atoms with E-state index >= 15 is 0 Å². The van der Waals surface area contributed by atoms with Gasteiger partial charge in [-0.15, -0.1) is 0 Å². The van der Waals surface area contributed by atoms with Crippen molar-refractivity contribution in [2.75, 3.05) is 19.8 Å². The van der Waals surface area contributed by atoms with Crippen molar-refractivity contribution in [2.45, 2.75) is 58.8 Å². The van der Waals surface area contributed by atoms with E-state index in [4.69, 9.17) is 14.2 Å². The van der Waals surface area contributed by atoms with Crippen LogP contribution in [0, 0.1) is 5.92 Å². The first-order valence-corrected chi connectivity index (χ1v) is 16.8. The monoisotopic (exact) mass is 669 g/mol. The topological polar surface area (TPSA) is 57.1 Å². The van der Waals surface area contributed by atoms with E-state index in [0.29, 0.717) is 18.1 Å². The molecule has 0 bridgehead atoms. The van der Waals surface area contributed by atoms with Crippen LogP contribution in [-0.2, 0) is 4.74 Å². The third-order valence-corrected chi connectivity index (χ3v) is 8.18. The fraction of sp³-hybridized carbons (Fsp3) is 0.333. The summed E-state index contributed by atoms with van der Waals surface area (Å²) in [6, 6.07) is 31.7. The molecule has 0 fully saturated rings. The van der Waals surface area contributed by atoms with Crippen LogP contribution in [0.15, 0.2) is 107 Å². The molecule has 0 aliphatic rings. The van der Waals surface area contributed by atoms with Crippen molar-refractivity contribution in [1.29, 1.82) is 0 Å². The Labute approximate surface area is 276 Å². The quantitative estimate of drug-likeness (QED) is 0.0601. The molecule has 0 amide bonds. The standard InChI is InChI=1S/C39H44BrNO4/c1-3-30(2)29-45-39(42)34-14-12-32(13-15-34)33-16-24-38(25-17-33)44-27-9-7-5-4-6-8-26-43-37-22-10-31(11-23-37)28-41-36-20-18-35(40)19-21-36/h10-25,28,30H,3-9,26-27,29H2,1-2H3. The van der Waals surface area contributed by atoms with Gasteiger partial charge in [0.1, 0.15) is 11.5 Å². The maximum Gasteiger partial charge on any atom is 0.338 e. The summed E-state index contributed by atoms with van der Waals surface area (Å²) < 4.78 is 18.3. The van der Waals surface area contributed by atoms with Crippen molar-refractivity contribution in [3.63, 3.8) is 0 Å². The normalized spacial score (nSPS) is 11.8. The van der Waals surface area contributed by atoms with E-state index in [2.05, 4.69) is 46.9 Å². The number of nitrogens with zero attached hydrogens (tertiary/aromatic N) is 1. The van der Waals surface area contributed by atoms with Crippen molar-refractivity contribution in [2.24, 2.45) is 10.9 Å². The summed E-state index contributed by atoms with van der Waals surface area (Å²) in [5, 5.41) is 0. The van der Waals surface area contributed by atoms with E-state index in [1.165, 1.54) is 19.3 Å². The van der Waals surface area contributed by atoms with Crippen LogP contribution in [0.3, 0.4) is 0 Å². The zero-order valence-electron chi connectivity index (χ0n) is 26.4. The van der Waals surface area contributed by atoms with E-state index < -0.39 is 0 Å². The van der Waals surface area contributed by atoms with Crippen molar-refractivity contribution >= 4 is 33.8 Å². The highest BCUT2D eigenvalue weighted by atomic mass is 79.9. The highest BCUT2D eigenvalue weighted by Gasteiger charge is 2.09. The highest BCUT2D eigenvalue weighted by Crippen LogP contribution is 2.24. The minimum Gasteiger partial charge on any atom is -0.494 e. The average molecular weight is 671 g/mol. The third kappa shape index (κ3) is 12.2. The van der Waals surface area contributed by atoms with Crippen molar-refractivity contribution < 1.29 is 19.0 Å². The number of carbonyl (C=O) groups is 1. The van der Waals surface area contributed by atoms with Crippen LogP contribution in [0.25, 0.3) is 11.1 Å². The van der Waals surface area contributed by atoms with Gasteiger partial charge in [0.05, 0.1) is 31.1 Å². The Kier molecular flexibility index (Phi) is 14.2. The average Bonchev–Trinajstić information content (AvgIpc) is 3.08. The SMILES string of the molecule is CCC(C)COC(=O)c1ccc(-c2ccc(OCCCCCCCCOc3ccc(C=Nc4ccc(Br)cc4)cc3)cc2)cc1. The number of aliphatic imine (C=N–C) groups is 1. The Morgan fingerprint density at radius 1 is 0.711 bits per heavy atom. The summed E-state index contributed by atoms with van der Waals surface area (Å²) in [5.41, 5.74) is 4.70. The molecule has 0 aliphatic carbocycles. The lowest BCUT2D eigenvalue weighted by Gasteiger charge is -2.10. The van der Waals surface area contributed by atoms with Gasteiger partial charge in [0, 0.05) is 10.7 Å². The summed E-state index contributed by atoms with van der Waals surface area (Å²) in [4.78, 5) is 16.8. The summed E-state index contributed by atoms with van der Waals surface area (Å²) in [6.07, 6.45) is 9.70. The van der Waals surface area contributed by atoms with Gasteiger partial charge >= 0.3 is 5.97 Å². The summed E-state index contributed by atoms with van der Waals surface area (Å²) in [7, 11) is 0. The summed E-state index contributed by atoms with van der Waals surface area (Å²) in [6.45, 7) is 6.09. The highest BCUT2D eigenvalue weighted by molar-refractivity contribution is 9.10. The second kappa shape index (κ2) is 18.8. The van der Waals surface area contributed by atoms with Gasteiger partial charge < -0.3 is 14.2 Å². The number of hydrogen-bond donors (Lipinski definition) is 0. The van der Waals surface area contributed by atoms with Gasteiger partial charge in [-0.05, 0) is 108 Å². The van der Waals surface area contributed by atoms with Crippen LogP contribution in [0.2, 0.25) is 0 Å². The van der Waals surface area contributed by atoms with E-state index in [9.17, 15) is 4.79 Å². The molecule has 0 aliphatic heterocycles. The minimum atomic E-state index is -0.266. The van der Waals surface area contributed by atoms with Gasteiger partial charge in [-0.2, -0.15) is 0 Å². The molecular weight excluding hydrogens is 626 g/mol. The first kappa shape index (κ1) is 34.0. The Morgan fingerprint density at radius 2 is 1.22 bits per heavy atom. The lowest BCUT2D eigenvalue weighted by molar-refractivity contribution is 0.0447. The molecule has 0 saturated carbocycles. The number of benzene rings is 4. The predicted octanol–water partition coefficient (Wildman–Crippen LogP) is 10.9. The van der Waals surface area contributed by atoms with Crippen LogP contribution in [0.1, 0.15) is 74.7 Å². The number of unbranched alkanes of at least 4 members (excludes halogenated alkanes) is 5. The zero-order valence-corrected chi connectivity index (χ0v) is 28.0. The maximum atomic E-state index is 12.2. The molecule has 0 N–H and O–H groups in total. The van der Waals surface area contributed by atoms with Crippen LogP contribution in [0.5, 0.6) is 11.5 Å². The van der Waals surface area contributed by atoms with Crippen molar-refractivity contribution in [3.8, 4) is 22.6 Å². The smallest absolute Gasteiger partial charge is 0.338 e. The Balaban J connectivity index is 1.03. The van der Waals surface area contributed by atoms with Crippen LogP contribution >= 0.6 is 15.9 Å². The number of halogens is 1. The molecule has 4 aromatic rings. The molecule has 5 nitrogen and oxygen atoms in total. The Bertz CT molecular complexity index is 1450. The molecule has 45 heavy (non-hydrogen) atoms.